The smallest absolute Gasteiger partial charge is 0.300 e. The average molecular weight is 443 g/mol. The fourth-order valence-electron chi connectivity index (χ4n) is 3.02. The predicted molar refractivity (Wildman–Crippen MR) is 122 cm³/mol. The van der Waals surface area contributed by atoms with E-state index in [-0.39, 0.29) is 5.91 Å². The molecule has 1 aromatic heterocycles. The monoisotopic (exact) mass is 442 g/mol. The van der Waals surface area contributed by atoms with Crippen LogP contribution < -0.4 is 20.5 Å². The van der Waals surface area contributed by atoms with E-state index < -0.39 is 5.97 Å². The molecule has 3 aromatic rings. The first-order chi connectivity index (χ1) is 15.3. The lowest BCUT2D eigenvalue weighted by Crippen LogP contribution is -2.24. The maximum Gasteiger partial charge on any atom is 0.300 e. The molecular weight excluding hydrogens is 412 g/mol. The second-order valence-corrected chi connectivity index (χ2v) is 7.07. The zero-order valence-corrected chi connectivity index (χ0v) is 18.8. The Bertz CT molecular complexity index is 1070. The number of aliphatic carboxylic acids is 1. The molecule has 4 N–H and O–H groups in total. The molecule has 9 nitrogen and oxygen atoms in total. The van der Waals surface area contributed by atoms with Gasteiger partial charge in [-0.1, -0.05) is 12.1 Å². The van der Waals surface area contributed by atoms with Crippen molar-refractivity contribution in [3.8, 4) is 11.5 Å². The molecule has 0 fully saturated rings. The minimum Gasteiger partial charge on any atom is -0.493 e. The number of carboxylic acids is 1. The predicted octanol–water partition coefficient (Wildman–Crippen LogP) is 2.64. The second-order valence-electron chi connectivity index (χ2n) is 7.07. The van der Waals surface area contributed by atoms with Gasteiger partial charge in [-0.3, -0.25) is 9.59 Å². The van der Waals surface area contributed by atoms with Crippen molar-refractivity contribution in [2.75, 3.05) is 20.3 Å². The molecule has 0 aliphatic heterocycles. The van der Waals surface area contributed by atoms with E-state index in [1.54, 1.807) is 25.3 Å². The van der Waals surface area contributed by atoms with Gasteiger partial charge in [-0.05, 0) is 49.7 Å². The van der Waals surface area contributed by atoms with Gasteiger partial charge in [0.15, 0.2) is 11.5 Å². The van der Waals surface area contributed by atoms with Gasteiger partial charge in [-0.25, -0.2) is 4.98 Å². The number of nitrogens with two attached hydrogens (primary N) is 1. The third-order valence-electron chi connectivity index (χ3n) is 4.66. The van der Waals surface area contributed by atoms with E-state index >= 15 is 0 Å². The number of benzene rings is 2. The van der Waals surface area contributed by atoms with E-state index in [9.17, 15) is 4.79 Å². The van der Waals surface area contributed by atoms with Gasteiger partial charge in [0.2, 0.25) is 0 Å². The van der Waals surface area contributed by atoms with Crippen LogP contribution in [0.5, 0.6) is 11.5 Å². The maximum atomic E-state index is 12.8. The van der Waals surface area contributed by atoms with Gasteiger partial charge in [0.25, 0.3) is 11.9 Å². The highest BCUT2D eigenvalue weighted by atomic mass is 16.5. The van der Waals surface area contributed by atoms with Crippen LogP contribution in [-0.2, 0) is 18.4 Å². The fraction of sp³-hybridized carbons (Fsp3) is 0.348. The Hall–Kier alpha value is -3.59. The minimum absolute atomic E-state index is 0.223. The van der Waals surface area contributed by atoms with Crippen molar-refractivity contribution in [3.05, 3.63) is 53.3 Å². The molecule has 0 saturated heterocycles. The molecule has 0 atom stereocenters. The van der Waals surface area contributed by atoms with E-state index in [0.29, 0.717) is 43.2 Å². The first-order valence-corrected chi connectivity index (χ1v) is 10.2. The average Bonchev–Trinajstić information content (AvgIpc) is 3.04. The normalized spacial score (nSPS) is 10.3. The molecule has 0 spiro atoms. The van der Waals surface area contributed by atoms with Crippen LogP contribution in [0.1, 0.15) is 35.1 Å². The number of aromatic nitrogens is 2. The lowest BCUT2D eigenvalue weighted by Gasteiger charge is -2.15. The molecule has 3 rings (SSSR count). The molecule has 0 unspecified atom stereocenters. The number of nitrogens with zero attached hydrogens (tertiary/aromatic N) is 2. The van der Waals surface area contributed by atoms with E-state index in [0.717, 1.165) is 29.3 Å². The summed E-state index contributed by atoms with van der Waals surface area (Å²) in [7, 11) is 3.54. The molecule has 172 valence electrons. The minimum atomic E-state index is -0.833. The maximum absolute atomic E-state index is 12.8. The first-order valence-electron chi connectivity index (χ1n) is 10.2. The van der Waals surface area contributed by atoms with Crippen LogP contribution in [0.2, 0.25) is 0 Å². The zero-order chi connectivity index (χ0) is 23.7. The number of hydrogen-bond donors (Lipinski definition) is 3. The first kappa shape index (κ1) is 24.7. The number of imidazole rings is 1. The van der Waals surface area contributed by atoms with E-state index in [2.05, 4.69) is 10.3 Å². The number of hydrogen-bond acceptors (Lipinski definition) is 6. The van der Waals surface area contributed by atoms with Gasteiger partial charge in [-0.2, -0.15) is 0 Å². The van der Waals surface area contributed by atoms with Crippen LogP contribution in [-0.4, -0.2) is 46.8 Å². The summed E-state index contributed by atoms with van der Waals surface area (Å²) < 4.78 is 13.2. The van der Waals surface area contributed by atoms with Gasteiger partial charge in [0.05, 0.1) is 30.3 Å². The van der Waals surface area contributed by atoms with Gasteiger partial charge in [0, 0.05) is 20.5 Å². The summed E-state index contributed by atoms with van der Waals surface area (Å²) in [6, 6.07) is 11.3. The van der Waals surface area contributed by atoms with E-state index in [1.807, 2.05) is 36.7 Å². The lowest BCUT2D eigenvalue weighted by molar-refractivity contribution is -0.134. The fourth-order valence-corrected chi connectivity index (χ4v) is 3.02. The highest BCUT2D eigenvalue weighted by molar-refractivity contribution is 5.97. The SMILES string of the molecule is CC(=O)O.COc1cccc(C(=O)NCc2ccc3c(c2)nc(C)n3C)c1OCCCN. The zero-order valence-electron chi connectivity index (χ0n) is 18.8. The molecule has 32 heavy (non-hydrogen) atoms. The Morgan fingerprint density at radius 3 is 2.62 bits per heavy atom. The number of carbonyl (C=O) groups is 2. The molecule has 0 aliphatic carbocycles. The number of carbonyl (C=O) groups excluding carboxylic acids is 1. The summed E-state index contributed by atoms with van der Waals surface area (Å²) in [5.41, 5.74) is 8.92. The lowest BCUT2D eigenvalue weighted by atomic mass is 10.1. The Kier molecular flexibility index (Phi) is 9.03. The number of ether oxygens (including phenoxy) is 2. The molecule has 0 bridgehead atoms. The topological polar surface area (TPSA) is 129 Å². The number of para-hydroxylation sites is 1. The Morgan fingerprint density at radius 2 is 1.97 bits per heavy atom. The van der Waals surface area contributed by atoms with Crippen LogP contribution >= 0.6 is 0 Å². The summed E-state index contributed by atoms with van der Waals surface area (Å²) in [6.45, 7) is 4.39. The standard InChI is InChI=1S/C21H26N4O3.C2H4O2/c1-14-24-17-12-15(8-9-18(17)25(14)2)13-23-21(26)16-6-4-7-19(27-3)20(16)28-11-5-10-22;1-2(3)4/h4,6-9,12H,5,10-11,13,22H2,1-3H3,(H,23,26);1H3,(H,3,4). The van der Waals surface area contributed by atoms with Crippen molar-refractivity contribution in [2.45, 2.75) is 26.8 Å². The largest absolute Gasteiger partial charge is 0.493 e. The summed E-state index contributed by atoms with van der Waals surface area (Å²) in [4.78, 5) is 26.3. The molecule has 1 amide bonds. The number of carboxylic acid groups (broad SMARTS) is 1. The van der Waals surface area contributed by atoms with Crippen molar-refractivity contribution in [1.29, 1.82) is 0 Å². The number of amides is 1. The Morgan fingerprint density at radius 1 is 1.25 bits per heavy atom. The number of rotatable bonds is 8. The second kappa shape index (κ2) is 11.7. The molecule has 0 aliphatic rings. The number of methoxy groups -OCH3 is 1. The van der Waals surface area contributed by atoms with Crippen LogP contribution in [0.25, 0.3) is 11.0 Å². The van der Waals surface area contributed by atoms with Gasteiger partial charge in [-0.15, -0.1) is 0 Å². The van der Waals surface area contributed by atoms with Crippen LogP contribution in [0.4, 0.5) is 0 Å². The van der Waals surface area contributed by atoms with Gasteiger partial charge in [0.1, 0.15) is 5.82 Å². The number of fused-ring (bicyclic) bond motifs is 1. The van der Waals surface area contributed by atoms with E-state index in [4.69, 9.17) is 25.1 Å². The van der Waals surface area contributed by atoms with Crippen molar-refractivity contribution >= 4 is 22.9 Å². The summed E-state index contributed by atoms with van der Waals surface area (Å²) >= 11 is 0. The van der Waals surface area contributed by atoms with E-state index in [1.165, 1.54) is 0 Å². The summed E-state index contributed by atoms with van der Waals surface area (Å²) in [5, 5.41) is 10.4. The highest BCUT2D eigenvalue weighted by Gasteiger charge is 2.17. The quantitative estimate of drug-likeness (QED) is 0.457. The van der Waals surface area contributed by atoms with Gasteiger partial charge >= 0.3 is 0 Å². The summed E-state index contributed by atoms with van der Waals surface area (Å²) in [6.07, 6.45) is 0.697. The van der Waals surface area contributed by atoms with Crippen LogP contribution in [0, 0.1) is 6.92 Å². The molecule has 2 aromatic carbocycles. The third kappa shape index (κ3) is 6.45. The third-order valence-corrected chi connectivity index (χ3v) is 4.66. The van der Waals surface area contributed by atoms with Crippen molar-refractivity contribution in [1.82, 2.24) is 14.9 Å². The molecule has 0 saturated carbocycles. The van der Waals surface area contributed by atoms with Crippen LogP contribution in [0.3, 0.4) is 0 Å². The van der Waals surface area contributed by atoms with Crippen molar-refractivity contribution in [3.63, 3.8) is 0 Å². The van der Waals surface area contributed by atoms with Gasteiger partial charge < -0.3 is 30.2 Å². The number of nitrogens with one attached hydrogen (secondary N) is 1. The van der Waals surface area contributed by atoms with Crippen molar-refractivity contribution < 1.29 is 24.2 Å². The molecular formula is C23H30N4O5. The molecule has 9 heteroatoms. The highest BCUT2D eigenvalue weighted by Crippen LogP contribution is 2.31. The Balaban J connectivity index is 0.000000837. The molecule has 0 radical (unpaired) electrons. The summed E-state index contributed by atoms with van der Waals surface area (Å²) in [5.74, 6) is 0.854. The molecule has 1 heterocycles. The van der Waals surface area contributed by atoms with Crippen molar-refractivity contribution in [2.24, 2.45) is 12.8 Å². The number of aryl methyl sites for hydroxylation is 2. The Labute approximate surface area is 187 Å². The van der Waals surface area contributed by atoms with Crippen LogP contribution in [0.15, 0.2) is 36.4 Å².